The SMILES string of the molecule is O=C1C(Br)CCC2NCCCC12. The van der Waals surface area contributed by atoms with Gasteiger partial charge in [0.25, 0.3) is 0 Å². The summed E-state index contributed by atoms with van der Waals surface area (Å²) in [5, 5.41) is 3.43. The Morgan fingerprint density at radius 3 is 3.00 bits per heavy atom. The Bertz CT molecular complexity index is 195. The van der Waals surface area contributed by atoms with Crippen LogP contribution in [0.3, 0.4) is 0 Å². The normalized spacial score (nSPS) is 42.4. The van der Waals surface area contributed by atoms with Crippen LogP contribution in [0, 0.1) is 5.92 Å². The molecule has 2 nitrogen and oxygen atoms in total. The Hall–Kier alpha value is 0.110. The van der Waals surface area contributed by atoms with E-state index in [9.17, 15) is 4.79 Å². The molecule has 1 aliphatic heterocycles. The lowest BCUT2D eigenvalue weighted by atomic mass is 9.78. The van der Waals surface area contributed by atoms with Gasteiger partial charge in [-0.2, -0.15) is 0 Å². The van der Waals surface area contributed by atoms with E-state index in [0.717, 1.165) is 32.2 Å². The maximum Gasteiger partial charge on any atom is 0.151 e. The largest absolute Gasteiger partial charge is 0.313 e. The van der Waals surface area contributed by atoms with E-state index in [1.807, 2.05) is 0 Å². The van der Waals surface area contributed by atoms with Crippen molar-refractivity contribution in [2.75, 3.05) is 6.54 Å². The summed E-state index contributed by atoms with van der Waals surface area (Å²) >= 11 is 3.44. The molecule has 3 unspecified atom stereocenters. The number of carbonyl (C=O) groups excluding carboxylic acids is 1. The molecule has 2 rings (SSSR count). The number of fused-ring (bicyclic) bond motifs is 1. The van der Waals surface area contributed by atoms with Crippen molar-refractivity contribution < 1.29 is 4.79 Å². The quantitative estimate of drug-likeness (QED) is 0.641. The first-order valence-corrected chi connectivity index (χ1v) is 5.62. The van der Waals surface area contributed by atoms with Crippen LogP contribution in [0.1, 0.15) is 25.7 Å². The number of hydrogen-bond donors (Lipinski definition) is 1. The molecule has 12 heavy (non-hydrogen) atoms. The molecule has 1 saturated carbocycles. The minimum absolute atomic E-state index is 0.138. The first-order valence-electron chi connectivity index (χ1n) is 4.70. The number of carbonyl (C=O) groups is 1. The second kappa shape index (κ2) is 3.46. The number of piperidine rings is 1. The number of Topliss-reactive ketones (excluding diaryl/α,β-unsaturated/α-hetero) is 1. The van der Waals surface area contributed by atoms with Gasteiger partial charge < -0.3 is 5.32 Å². The van der Waals surface area contributed by atoms with E-state index in [1.54, 1.807) is 0 Å². The number of alkyl halides is 1. The third kappa shape index (κ3) is 1.44. The molecule has 68 valence electrons. The zero-order valence-electron chi connectivity index (χ0n) is 7.05. The van der Waals surface area contributed by atoms with Gasteiger partial charge in [-0.15, -0.1) is 0 Å². The third-order valence-electron chi connectivity index (χ3n) is 2.99. The Labute approximate surface area is 81.2 Å². The molecule has 2 aliphatic rings. The lowest BCUT2D eigenvalue weighted by Crippen LogP contribution is -2.50. The summed E-state index contributed by atoms with van der Waals surface area (Å²) in [4.78, 5) is 11.8. The molecule has 3 heteroatoms. The van der Waals surface area contributed by atoms with Crippen molar-refractivity contribution in [2.24, 2.45) is 5.92 Å². The number of halogens is 1. The molecule has 0 aromatic heterocycles. The summed E-state index contributed by atoms with van der Waals surface area (Å²) < 4.78 is 0. The fraction of sp³-hybridized carbons (Fsp3) is 0.889. The van der Waals surface area contributed by atoms with Crippen LogP contribution in [0.5, 0.6) is 0 Å². The van der Waals surface area contributed by atoms with Gasteiger partial charge in [0.15, 0.2) is 5.78 Å². The number of hydrogen-bond acceptors (Lipinski definition) is 2. The molecule has 3 atom stereocenters. The van der Waals surface area contributed by atoms with Crippen molar-refractivity contribution >= 4 is 21.7 Å². The molecule has 2 fully saturated rings. The molecule has 1 N–H and O–H groups in total. The van der Waals surface area contributed by atoms with Crippen LogP contribution < -0.4 is 5.32 Å². The maximum absolute atomic E-state index is 11.7. The van der Waals surface area contributed by atoms with Crippen molar-refractivity contribution in [1.82, 2.24) is 5.32 Å². The molecule has 0 aromatic rings. The second-order valence-corrected chi connectivity index (χ2v) is 4.86. The van der Waals surface area contributed by atoms with Crippen LogP contribution in [0.25, 0.3) is 0 Å². The van der Waals surface area contributed by atoms with Gasteiger partial charge in [-0.3, -0.25) is 4.79 Å². The fourth-order valence-electron chi connectivity index (χ4n) is 2.30. The second-order valence-electron chi connectivity index (χ2n) is 3.76. The van der Waals surface area contributed by atoms with E-state index in [1.165, 1.54) is 0 Å². The van der Waals surface area contributed by atoms with Gasteiger partial charge in [-0.05, 0) is 32.2 Å². The van der Waals surface area contributed by atoms with Crippen molar-refractivity contribution in [3.05, 3.63) is 0 Å². The van der Waals surface area contributed by atoms with Gasteiger partial charge in [0.05, 0.1) is 4.83 Å². The van der Waals surface area contributed by atoms with E-state index in [2.05, 4.69) is 21.2 Å². The predicted octanol–water partition coefficient (Wildman–Crippen LogP) is 1.48. The molecular weight excluding hydrogens is 218 g/mol. The van der Waals surface area contributed by atoms with E-state index >= 15 is 0 Å². The summed E-state index contributed by atoms with van der Waals surface area (Å²) in [5.74, 6) is 0.732. The van der Waals surface area contributed by atoms with Crippen molar-refractivity contribution in [3.8, 4) is 0 Å². The average Bonchev–Trinajstić information content (AvgIpc) is 2.12. The molecule has 0 bridgehead atoms. The van der Waals surface area contributed by atoms with Gasteiger partial charge in [-0.25, -0.2) is 0 Å². The molecular formula is C9H14BrNO. The number of ketones is 1. The highest BCUT2D eigenvalue weighted by atomic mass is 79.9. The van der Waals surface area contributed by atoms with Gasteiger partial charge in [0.2, 0.25) is 0 Å². The Morgan fingerprint density at radius 1 is 1.33 bits per heavy atom. The average molecular weight is 232 g/mol. The lowest BCUT2D eigenvalue weighted by Gasteiger charge is -2.37. The first-order chi connectivity index (χ1) is 5.79. The topological polar surface area (TPSA) is 29.1 Å². The molecule has 1 aliphatic carbocycles. The number of nitrogens with one attached hydrogen (secondary N) is 1. The molecule has 1 saturated heterocycles. The zero-order valence-corrected chi connectivity index (χ0v) is 8.64. The van der Waals surface area contributed by atoms with E-state index in [4.69, 9.17) is 0 Å². The van der Waals surface area contributed by atoms with Crippen LogP contribution in [0.2, 0.25) is 0 Å². The Balaban J connectivity index is 2.08. The van der Waals surface area contributed by atoms with E-state index in [0.29, 0.717) is 17.7 Å². The molecule has 0 radical (unpaired) electrons. The summed E-state index contributed by atoms with van der Waals surface area (Å²) in [5.41, 5.74) is 0. The monoisotopic (exact) mass is 231 g/mol. The number of rotatable bonds is 0. The van der Waals surface area contributed by atoms with Crippen molar-refractivity contribution in [2.45, 2.75) is 36.6 Å². The minimum atomic E-state index is 0.138. The third-order valence-corrected chi connectivity index (χ3v) is 3.90. The highest BCUT2D eigenvalue weighted by Crippen LogP contribution is 2.31. The highest BCUT2D eigenvalue weighted by Gasteiger charge is 2.37. The van der Waals surface area contributed by atoms with Crippen molar-refractivity contribution in [3.63, 3.8) is 0 Å². The fourth-order valence-corrected chi connectivity index (χ4v) is 2.90. The molecule has 0 spiro atoms. The van der Waals surface area contributed by atoms with Crippen molar-refractivity contribution in [1.29, 1.82) is 0 Å². The first kappa shape index (κ1) is 8.70. The van der Waals surface area contributed by atoms with Crippen LogP contribution >= 0.6 is 15.9 Å². The molecule has 0 amide bonds. The summed E-state index contributed by atoms with van der Waals surface area (Å²) in [6.07, 6.45) is 4.42. The van der Waals surface area contributed by atoms with Gasteiger partial charge in [0.1, 0.15) is 0 Å². The summed E-state index contributed by atoms with van der Waals surface area (Å²) in [7, 11) is 0. The van der Waals surface area contributed by atoms with Crippen LogP contribution in [-0.4, -0.2) is 23.2 Å². The lowest BCUT2D eigenvalue weighted by molar-refractivity contribution is -0.125. The predicted molar refractivity (Wildman–Crippen MR) is 51.5 cm³/mol. The van der Waals surface area contributed by atoms with Crippen LogP contribution in [-0.2, 0) is 4.79 Å². The summed E-state index contributed by atoms with van der Waals surface area (Å²) in [6, 6.07) is 0.486. The maximum atomic E-state index is 11.7. The van der Waals surface area contributed by atoms with Gasteiger partial charge >= 0.3 is 0 Å². The Kier molecular flexibility index (Phi) is 2.51. The van der Waals surface area contributed by atoms with Gasteiger partial charge in [0, 0.05) is 12.0 Å². The summed E-state index contributed by atoms with van der Waals surface area (Å²) in [6.45, 7) is 1.10. The standard InChI is InChI=1S/C9H14BrNO/c10-7-3-4-8-6(9(7)12)2-1-5-11-8/h6-8,11H,1-5H2. The minimum Gasteiger partial charge on any atom is -0.313 e. The van der Waals surface area contributed by atoms with Crippen LogP contribution in [0.4, 0.5) is 0 Å². The highest BCUT2D eigenvalue weighted by molar-refractivity contribution is 9.10. The van der Waals surface area contributed by atoms with Gasteiger partial charge in [-0.1, -0.05) is 15.9 Å². The smallest absolute Gasteiger partial charge is 0.151 e. The van der Waals surface area contributed by atoms with Crippen LogP contribution in [0.15, 0.2) is 0 Å². The zero-order chi connectivity index (χ0) is 8.55. The van der Waals surface area contributed by atoms with E-state index < -0.39 is 0 Å². The molecule has 1 heterocycles. The molecule has 0 aromatic carbocycles. The van der Waals surface area contributed by atoms with E-state index in [-0.39, 0.29) is 4.83 Å². The Morgan fingerprint density at radius 2 is 2.17 bits per heavy atom.